The number of aliphatic hydroxyl groups is 1. The molecule has 6 heteroatoms. The number of likely N-dealkylation sites (tertiary alicyclic amines) is 1. The predicted molar refractivity (Wildman–Crippen MR) is 104 cm³/mol. The summed E-state index contributed by atoms with van der Waals surface area (Å²) >= 11 is 0. The number of hydrogen-bond donors (Lipinski definition) is 2. The molecule has 6 nitrogen and oxygen atoms in total. The summed E-state index contributed by atoms with van der Waals surface area (Å²) in [5.41, 5.74) is 2.67. The number of hydrogen-bond acceptors (Lipinski definition) is 6. The highest BCUT2D eigenvalue weighted by Crippen LogP contribution is 2.20. The molecule has 1 unspecified atom stereocenters. The van der Waals surface area contributed by atoms with Gasteiger partial charge in [0, 0.05) is 30.5 Å². The molecular weight excluding hydrogens is 326 g/mol. The molecule has 0 spiro atoms. The predicted octanol–water partition coefficient (Wildman–Crippen LogP) is 2.66. The van der Waals surface area contributed by atoms with Gasteiger partial charge >= 0.3 is 0 Å². The summed E-state index contributed by atoms with van der Waals surface area (Å²) in [5, 5.41) is 13.7. The molecule has 140 valence electrons. The number of aryl methyl sites for hydroxylation is 1. The van der Waals surface area contributed by atoms with E-state index in [1.165, 1.54) is 12.8 Å². The number of rotatable bonds is 6. The quantitative estimate of drug-likeness (QED) is 0.830. The van der Waals surface area contributed by atoms with Crippen molar-refractivity contribution in [1.82, 2.24) is 19.9 Å². The van der Waals surface area contributed by atoms with E-state index in [9.17, 15) is 5.11 Å². The standard InChI is InChI=1S/C20H29N5O/c1-14-7-10-25(11-8-14)13-17(26)12-22-19-15(2)16(3)23-20(24-19)18-6-4-5-9-21-18/h4-6,9,14,17,26H,7-8,10-13H2,1-3H3,(H,22,23,24). The van der Waals surface area contributed by atoms with Crippen LogP contribution in [0.25, 0.3) is 11.5 Å². The van der Waals surface area contributed by atoms with Crippen LogP contribution in [0.15, 0.2) is 24.4 Å². The molecule has 3 rings (SSSR count). The fourth-order valence-electron chi connectivity index (χ4n) is 3.23. The first-order chi connectivity index (χ1) is 12.5. The summed E-state index contributed by atoms with van der Waals surface area (Å²) in [6.07, 6.45) is 3.76. The van der Waals surface area contributed by atoms with E-state index in [4.69, 9.17) is 0 Å². The minimum Gasteiger partial charge on any atom is -0.390 e. The second kappa shape index (κ2) is 8.56. The Bertz CT molecular complexity index is 714. The van der Waals surface area contributed by atoms with Crippen molar-refractivity contribution in [3.8, 4) is 11.5 Å². The zero-order valence-corrected chi connectivity index (χ0v) is 15.9. The van der Waals surface area contributed by atoms with Crippen molar-refractivity contribution in [2.45, 2.75) is 39.7 Å². The Labute approximate surface area is 155 Å². The first-order valence-electron chi connectivity index (χ1n) is 9.44. The molecule has 1 fully saturated rings. The van der Waals surface area contributed by atoms with Crippen molar-refractivity contribution < 1.29 is 5.11 Å². The zero-order chi connectivity index (χ0) is 18.5. The van der Waals surface area contributed by atoms with Gasteiger partial charge in [-0.1, -0.05) is 13.0 Å². The highest BCUT2D eigenvalue weighted by Gasteiger charge is 2.19. The van der Waals surface area contributed by atoms with Crippen LogP contribution in [0.5, 0.6) is 0 Å². The molecule has 1 aliphatic heterocycles. The van der Waals surface area contributed by atoms with E-state index >= 15 is 0 Å². The Morgan fingerprint density at radius 3 is 2.69 bits per heavy atom. The highest BCUT2D eigenvalue weighted by molar-refractivity contribution is 5.56. The van der Waals surface area contributed by atoms with E-state index in [2.05, 4.69) is 32.1 Å². The van der Waals surface area contributed by atoms with Gasteiger partial charge in [0.2, 0.25) is 0 Å². The van der Waals surface area contributed by atoms with Crippen molar-refractivity contribution in [1.29, 1.82) is 0 Å². The molecule has 0 bridgehead atoms. The molecule has 2 aromatic heterocycles. The maximum absolute atomic E-state index is 10.4. The average Bonchev–Trinajstić information content (AvgIpc) is 2.65. The van der Waals surface area contributed by atoms with Crippen molar-refractivity contribution in [2.75, 3.05) is 31.5 Å². The Hall–Kier alpha value is -2.05. The number of aromatic nitrogens is 3. The van der Waals surface area contributed by atoms with Gasteiger partial charge < -0.3 is 15.3 Å². The number of β-amino-alcohol motifs (C(OH)–C–C–N with tert-alkyl or cyclic N) is 1. The van der Waals surface area contributed by atoms with Crippen molar-refractivity contribution >= 4 is 5.82 Å². The summed E-state index contributed by atoms with van der Waals surface area (Å²) in [6.45, 7) is 9.61. The molecule has 0 saturated carbocycles. The van der Waals surface area contributed by atoms with Crippen LogP contribution >= 0.6 is 0 Å². The third-order valence-electron chi connectivity index (χ3n) is 5.13. The number of aliphatic hydroxyl groups excluding tert-OH is 1. The van der Waals surface area contributed by atoms with Crippen LogP contribution in [-0.4, -0.2) is 57.2 Å². The molecule has 0 radical (unpaired) electrons. The lowest BCUT2D eigenvalue weighted by atomic mass is 9.99. The van der Waals surface area contributed by atoms with E-state index in [1.54, 1.807) is 6.20 Å². The maximum Gasteiger partial charge on any atom is 0.180 e. The first-order valence-corrected chi connectivity index (χ1v) is 9.44. The van der Waals surface area contributed by atoms with Crippen LogP contribution < -0.4 is 5.32 Å². The van der Waals surface area contributed by atoms with Gasteiger partial charge in [0.25, 0.3) is 0 Å². The molecular formula is C20H29N5O. The number of nitrogens with one attached hydrogen (secondary N) is 1. The summed E-state index contributed by atoms with van der Waals surface area (Å²) < 4.78 is 0. The van der Waals surface area contributed by atoms with Crippen LogP contribution in [0.3, 0.4) is 0 Å². The molecule has 3 heterocycles. The van der Waals surface area contributed by atoms with Gasteiger partial charge in [-0.15, -0.1) is 0 Å². The Morgan fingerprint density at radius 1 is 1.23 bits per heavy atom. The van der Waals surface area contributed by atoms with Gasteiger partial charge in [-0.05, 0) is 57.8 Å². The zero-order valence-electron chi connectivity index (χ0n) is 15.9. The first kappa shape index (κ1) is 18.7. The fourth-order valence-corrected chi connectivity index (χ4v) is 3.23. The number of anilines is 1. The van der Waals surface area contributed by atoms with Crippen LogP contribution in [0.4, 0.5) is 5.82 Å². The normalized spacial score (nSPS) is 17.2. The minimum atomic E-state index is -0.420. The van der Waals surface area contributed by atoms with E-state index in [1.807, 2.05) is 32.0 Å². The van der Waals surface area contributed by atoms with Crippen LogP contribution in [0.2, 0.25) is 0 Å². The summed E-state index contributed by atoms with van der Waals surface area (Å²) in [6, 6.07) is 5.71. The van der Waals surface area contributed by atoms with E-state index in [0.717, 1.165) is 41.8 Å². The van der Waals surface area contributed by atoms with E-state index in [0.29, 0.717) is 18.9 Å². The third-order valence-corrected chi connectivity index (χ3v) is 5.13. The molecule has 2 aromatic rings. The molecule has 0 amide bonds. The smallest absolute Gasteiger partial charge is 0.180 e. The van der Waals surface area contributed by atoms with E-state index in [-0.39, 0.29) is 0 Å². The van der Waals surface area contributed by atoms with Crippen molar-refractivity contribution in [3.05, 3.63) is 35.7 Å². The van der Waals surface area contributed by atoms with Crippen LogP contribution in [-0.2, 0) is 0 Å². The van der Waals surface area contributed by atoms with Gasteiger partial charge in [-0.25, -0.2) is 9.97 Å². The lowest BCUT2D eigenvalue weighted by Gasteiger charge is -2.31. The topological polar surface area (TPSA) is 74.2 Å². The average molecular weight is 355 g/mol. The molecule has 0 aliphatic carbocycles. The lowest BCUT2D eigenvalue weighted by molar-refractivity contribution is 0.0989. The Balaban J connectivity index is 1.63. The number of piperidine rings is 1. The van der Waals surface area contributed by atoms with Crippen LogP contribution in [0, 0.1) is 19.8 Å². The lowest BCUT2D eigenvalue weighted by Crippen LogP contribution is -2.40. The van der Waals surface area contributed by atoms with Gasteiger partial charge in [-0.3, -0.25) is 4.98 Å². The fraction of sp³-hybridized carbons (Fsp3) is 0.550. The largest absolute Gasteiger partial charge is 0.390 e. The maximum atomic E-state index is 10.4. The van der Waals surface area contributed by atoms with Crippen LogP contribution in [0.1, 0.15) is 31.0 Å². The summed E-state index contributed by atoms with van der Waals surface area (Å²) in [7, 11) is 0. The second-order valence-corrected chi connectivity index (χ2v) is 7.34. The molecule has 1 saturated heterocycles. The monoisotopic (exact) mass is 355 g/mol. The molecule has 0 aromatic carbocycles. The minimum absolute atomic E-state index is 0.420. The van der Waals surface area contributed by atoms with Gasteiger partial charge in [0.15, 0.2) is 5.82 Å². The van der Waals surface area contributed by atoms with Gasteiger partial charge in [0.1, 0.15) is 11.5 Å². The molecule has 2 N–H and O–H groups in total. The Morgan fingerprint density at radius 2 is 2.00 bits per heavy atom. The Kier molecular flexibility index (Phi) is 6.16. The van der Waals surface area contributed by atoms with Crippen molar-refractivity contribution in [3.63, 3.8) is 0 Å². The summed E-state index contributed by atoms with van der Waals surface area (Å²) in [4.78, 5) is 15.9. The van der Waals surface area contributed by atoms with E-state index < -0.39 is 6.10 Å². The SMILES string of the molecule is Cc1nc(-c2ccccn2)nc(NCC(O)CN2CCC(C)CC2)c1C. The third kappa shape index (κ3) is 4.77. The number of nitrogens with zero attached hydrogens (tertiary/aromatic N) is 4. The van der Waals surface area contributed by atoms with Crippen molar-refractivity contribution in [2.24, 2.45) is 5.92 Å². The van der Waals surface area contributed by atoms with Gasteiger partial charge in [-0.2, -0.15) is 0 Å². The van der Waals surface area contributed by atoms with Gasteiger partial charge in [0.05, 0.1) is 6.10 Å². The summed E-state index contributed by atoms with van der Waals surface area (Å²) in [5.74, 6) is 2.18. The molecule has 1 atom stereocenters. The molecule has 26 heavy (non-hydrogen) atoms. The highest BCUT2D eigenvalue weighted by atomic mass is 16.3. The molecule has 1 aliphatic rings. The second-order valence-electron chi connectivity index (χ2n) is 7.34. The number of pyridine rings is 1.